The van der Waals surface area contributed by atoms with Crippen molar-refractivity contribution in [3.8, 4) is 17.1 Å². The van der Waals surface area contributed by atoms with Crippen LogP contribution in [0.25, 0.3) is 11.3 Å². The summed E-state index contributed by atoms with van der Waals surface area (Å²) in [7, 11) is -4.17. The van der Waals surface area contributed by atoms with Crippen molar-refractivity contribution in [2.75, 3.05) is 29.7 Å². The van der Waals surface area contributed by atoms with Crippen LogP contribution >= 0.6 is 0 Å². The molecule has 2 aliphatic rings. The van der Waals surface area contributed by atoms with Crippen LogP contribution in [0.2, 0.25) is 0 Å². The van der Waals surface area contributed by atoms with Gasteiger partial charge in [0.1, 0.15) is 6.10 Å². The summed E-state index contributed by atoms with van der Waals surface area (Å²) in [4.78, 5) is 23.7. The van der Waals surface area contributed by atoms with Gasteiger partial charge in [0.25, 0.3) is 10.0 Å². The largest absolute Gasteiger partial charge is 0.473 e. The van der Waals surface area contributed by atoms with E-state index in [1.54, 1.807) is 11.0 Å². The van der Waals surface area contributed by atoms with E-state index in [1.807, 2.05) is 32.0 Å². The van der Waals surface area contributed by atoms with Crippen molar-refractivity contribution in [2.45, 2.75) is 56.4 Å². The van der Waals surface area contributed by atoms with Crippen molar-refractivity contribution in [1.29, 1.82) is 0 Å². The number of fused-ring (bicyclic) bond motifs is 6. The minimum atomic E-state index is -4.82. The van der Waals surface area contributed by atoms with Crippen molar-refractivity contribution in [2.24, 2.45) is 5.92 Å². The monoisotopic (exact) mass is 619 g/mol. The lowest BCUT2D eigenvalue weighted by molar-refractivity contribution is -0.256. The van der Waals surface area contributed by atoms with Crippen LogP contribution in [0.3, 0.4) is 0 Å². The number of hydrogen-bond acceptors (Lipinski definition) is 8. The number of amides is 1. The van der Waals surface area contributed by atoms with Crippen molar-refractivity contribution in [3.63, 3.8) is 0 Å². The summed E-state index contributed by atoms with van der Waals surface area (Å²) in [6.07, 6.45) is -5.89. The molecule has 1 fully saturated rings. The average Bonchev–Trinajstić information content (AvgIpc) is 2.90. The van der Waals surface area contributed by atoms with Gasteiger partial charge in [-0.1, -0.05) is 24.3 Å². The summed E-state index contributed by atoms with van der Waals surface area (Å²) in [6, 6.07) is 12.9. The minimum absolute atomic E-state index is 0.0319. The topological polar surface area (TPSA) is 134 Å². The number of halogens is 3. The Morgan fingerprint density at radius 2 is 1.77 bits per heavy atom. The number of carbonyl (C=O) groups is 1. The highest BCUT2D eigenvalue weighted by molar-refractivity contribution is 7.92. The molecule has 1 saturated heterocycles. The van der Waals surface area contributed by atoms with Crippen molar-refractivity contribution < 1.29 is 36.2 Å². The number of carbonyl (C=O) groups excluding carboxylic acids is 1. The number of rotatable bonds is 4. The Morgan fingerprint density at radius 1 is 1.07 bits per heavy atom. The Kier molecular flexibility index (Phi) is 8.13. The molecule has 10 nitrogen and oxygen atoms in total. The van der Waals surface area contributed by atoms with E-state index in [9.17, 15) is 31.5 Å². The number of aromatic nitrogens is 2. The number of ether oxygens (including phenoxy) is 1. The minimum Gasteiger partial charge on any atom is -0.473 e. The second kappa shape index (κ2) is 11.4. The van der Waals surface area contributed by atoms with Crippen LogP contribution in [0.5, 0.6) is 5.88 Å². The van der Waals surface area contributed by atoms with Gasteiger partial charge >= 0.3 is 6.18 Å². The molecule has 0 aliphatic carbocycles. The molecule has 0 radical (unpaired) electrons. The number of aliphatic hydroxyl groups is 1. The first-order valence-electron chi connectivity index (χ1n) is 13.7. The Hall–Kier alpha value is -3.75. The van der Waals surface area contributed by atoms with Crippen LogP contribution in [-0.2, 0) is 14.8 Å². The number of hydrogen-bond donors (Lipinski definition) is 3. The summed E-state index contributed by atoms with van der Waals surface area (Å²) in [5.41, 5.74) is 0.258. The van der Waals surface area contributed by atoms with Gasteiger partial charge in [-0.25, -0.2) is 18.1 Å². The van der Waals surface area contributed by atoms with E-state index in [2.05, 4.69) is 20.0 Å². The first kappa shape index (κ1) is 30.7. The molecule has 3 atom stereocenters. The number of nitrogens with zero attached hydrogens (tertiary/aromatic N) is 3. The fourth-order valence-corrected chi connectivity index (χ4v) is 6.32. The maximum absolute atomic E-state index is 13.3. The van der Waals surface area contributed by atoms with Crippen LogP contribution in [-0.4, -0.2) is 71.8 Å². The smallest absolute Gasteiger partial charge is 0.416 e. The van der Waals surface area contributed by atoms with Gasteiger partial charge in [0.2, 0.25) is 17.7 Å². The molecule has 3 N–H and O–H groups in total. The molecule has 1 amide bonds. The Morgan fingerprint density at radius 3 is 2.47 bits per heavy atom. The van der Waals surface area contributed by atoms with Gasteiger partial charge in [0, 0.05) is 37.0 Å². The molecule has 5 rings (SSSR count). The predicted octanol–water partition coefficient (Wildman–Crippen LogP) is 4.29. The highest BCUT2D eigenvalue weighted by Crippen LogP contribution is 2.34. The molecular formula is C29H32F3N5O5S. The van der Waals surface area contributed by atoms with Crippen LogP contribution < -0.4 is 14.8 Å². The highest BCUT2D eigenvalue weighted by atomic mass is 32.2. The van der Waals surface area contributed by atoms with Gasteiger partial charge in [-0.2, -0.15) is 18.2 Å². The molecule has 2 aromatic carbocycles. The van der Waals surface area contributed by atoms with Crippen LogP contribution in [0, 0.1) is 19.8 Å². The van der Waals surface area contributed by atoms with Gasteiger partial charge in [-0.15, -0.1) is 0 Å². The van der Waals surface area contributed by atoms with E-state index < -0.39 is 46.2 Å². The molecule has 1 unspecified atom stereocenters. The zero-order chi connectivity index (χ0) is 31.2. The fraction of sp³-hybridized carbons (Fsp3) is 0.414. The third-order valence-electron chi connectivity index (χ3n) is 7.75. The summed E-state index contributed by atoms with van der Waals surface area (Å²) in [5.74, 6) is -1.35. The molecular weight excluding hydrogens is 587 g/mol. The van der Waals surface area contributed by atoms with E-state index in [1.165, 1.54) is 24.3 Å². The normalized spacial score (nSPS) is 21.9. The number of aryl methyl sites for hydroxylation is 2. The van der Waals surface area contributed by atoms with Crippen molar-refractivity contribution in [3.05, 3.63) is 59.7 Å². The first-order chi connectivity index (χ1) is 20.1. The van der Waals surface area contributed by atoms with E-state index >= 15 is 0 Å². The maximum Gasteiger partial charge on any atom is 0.416 e. The first-order valence-corrected chi connectivity index (χ1v) is 15.2. The fourth-order valence-electron chi connectivity index (χ4n) is 5.33. The lowest BCUT2D eigenvalue weighted by Gasteiger charge is -2.38. The number of anilines is 2. The number of nitrogens with one attached hydrogen (secondary N) is 2. The lowest BCUT2D eigenvalue weighted by Crippen LogP contribution is -2.51. The molecule has 0 spiro atoms. The molecule has 6 bridgehead atoms. The summed E-state index contributed by atoms with van der Waals surface area (Å²) in [6.45, 7) is 4.63. The molecule has 230 valence electrons. The van der Waals surface area contributed by atoms with Crippen LogP contribution in [0.1, 0.15) is 30.9 Å². The molecule has 14 heteroatoms. The maximum atomic E-state index is 13.3. The van der Waals surface area contributed by atoms with Gasteiger partial charge < -0.3 is 15.2 Å². The second-order valence-corrected chi connectivity index (χ2v) is 12.9. The van der Waals surface area contributed by atoms with Gasteiger partial charge in [0.15, 0.2) is 5.60 Å². The molecule has 0 saturated carbocycles. The van der Waals surface area contributed by atoms with Crippen LogP contribution in [0.4, 0.5) is 24.8 Å². The van der Waals surface area contributed by atoms with E-state index in [-0.39, 0.29) is 48.5 Å². The number of alkyl halides is 3. The number of piperidine rings is 1. The standard InChI is InChI=1S/C29H32F3N5O5S/c1-17-6-4-7-18(2)25(17)23-14-24-35-27(34-23)36-43(40,41)22-9-5-8-20(13-22)33-26(38)19-12-21(42-24)16-37(15-19)11-10-28(3,39)29(30,31)32/h4-9,13-14,19,21,39H,10-12,15-16H2,1-3H3,(H,33,38)(H,34,35,36)/t19-,21+,28?/m1/s1. The number of sulfonamides is 1. The Balaban J connectivity index is 1.57. The molecule has 1 aromatic heterocycles. The van der Waals surface area contributed by atoms with Gasteiger partial charge in [-0.05, 0) is 62.9 Å². The highest BCUT2D eigenvalue weighted by Gasteiger charge is 2.49. The Labute approximate surface area is 247 Å². The van der Waals surface area contributed by atoms with Crippen molar-refractivity contribution >= 4 is 27.6 Å². The third-order valence-corrected chi connectivity index (χ3v) is 9.07. The quantitative estimate of drug-likeness (QED) is 0.394. The van der Waals surface area contributed by atoms with E-state index in [4.69, 9.17) is 4.74 Å². The van der Waals surface area contributed by atoms with Gasteiger partial charge in [-0.3, -0.25) is 9.69 Å². The van der Waals surface area contributed by atoms with E-state index in [0.717, 1.165) is 23.6 Å². The lowest BCUT2D eigenvalue weighted by atomic mass is 9.93. The van der Waals surface area contributed by atoms with E-state index in [0.29, 0.717) is 5.69 Å². The summed E-state index contributed by atoms with van der Waals surface area (Å²) in [5, 5.41) is 12.7. The van der Waals surface area contributed by atoms with Crippen LogP contribution in [0.15, 0.2) is 53.4 Å². The zero-order valence-electron chi connectivity index (χ0n) is 23.8. The molecule has 3 heterocycles. The summed E-state index contributed by atoms with van der Waals surface area (Å²) < 4.78 is 75.3. The molecule has 3 aromatic rings. The number of likely N-dealkylation sites (tertiary alicyclic amines) is 1. The third kappa shape index (κ3) is 6.76. The summed E-state index contributed by atoms with van der Waals surface area (Å²) >= 11 is 0. The SMILES string of the molecule is Cc1cccc(C)c1-c1cc2nc(n1)NS(=O)(=O)c1cccc(c1)NC(=O)[C@@H]1C[C@@H](CN(CCC(C)(O)C(F)(F)F)C1)O2. The molecule has 43 heavy (non-hydrogen) atoms. The second-order valence-electron chi connectivity index (χ2n) is 11.3. The molecule has 2 aliphatic heterocycles. The van der Waals surface area contributed by atoms with Gasteiger partial charge in [0.05, 0.1) is 16.5 Å². The Bertz CT molecular complexity index is 1630. The zero-order valence-corrected chi connectivity index (χ0v) is 24.6. The van der Waals surface area contributed by atoms with Crippen molar-refractivity contribution in [1.82, 2.24) is 14.9 Å². The predicted molar refractivity (Wildman–Crippen MR) is 153 cm³/mol. The average molecular weight is 620 g/mol. The number of benzene rings is 2.